The molecule has 1 saturated carbocycles. The van der Waals surface area contributed by atoms with Crippen molar-refractivity contribution < 1.29 is 4.79 Å². The third kappa shape index (κ3) is 4.49. The first-order chi connectivity index (χ1) is 8.75. The van der Waals surface area contributed by atoms with Crippen LogP contribution >= 0.6 is 0 Å². The highest BCUT2D eigenvalue weighted by atomic mass is 16.1. The van der Waals surface area contributed by atoms with Crippen molar-refractivity contribution in [2.45, 2.75) is 39.2 Å². The molecule has 1 aliphatic carbocycles. The van der Waals surface area contributed by atoms with Gasteiger partial charge in [0.2, 0.25) is 5.91 Å². The van der Waals surface area contributed by atoms with E-state index in [2.05, 4.69) is 16.7 Å². The Morgan fingerprint density at radius 2 is 2.11 bits per heavy atom. The quantitative estimate of drug-likeness (QED) is 0.726. The van der Waals surface area contributed by atoms with Crippen LogP contribution in [0.5, 0.6) is 0 Å². The van der Waals surface area contributed by atoms with Crippen LogP contribution in [-0.4, -0.2) is 12.5 Å². The monoisotopic (exact) mass is 246 g/mol. The lowest BCUT2D eigenvalue weighted by Crippen LogP contribution is -2.17. The van der Waals surface area contributed by atoms with Crippen LogP contribution in [0.4, 0.5) is 5.69 Å². The molecular weight excluding hydrogens is 224 g/mol. The minimum Gasteiger partial charge on any atom is -0.326 e. The summed E-state index contributed by atoms with van der Waals surface area (Å²) in [5, 5.41) is 6.31. The van der Waals surface area contributed by atoms with Gasteiger partial charge in [-0.25, -0.2) is 0 Å². The van der Waals surface area contributed by atoms with E-state index in [1.165, 1.54) is 25.7 Å². The molecule has 0 radical (unpaired) electrons. The van der Waals surface area contributed by atoms with E-state index in [1.807, 2.05) is 18.2 Å². The van der Waals surface area contributed by atoms with Gasteiger partial charge in [-0.05, 0) is 36.9 Å². The first-order valence-electron chi connectivity index (χ1n) is 6.82. The number of benzene rings is 1. The van der Waals surface area contributed by atoms with E-state index in [0.717, 1.165) is 30.3 Å². The molecule has 3 nitrogen and oxygen atoms in total. The van der Waals surface area contributed by atoms with Crippen LogP contribution in [0, 0.1) is 5.92 Å². The molecule has 2 rings (SSSR count). The Balaban J connectivity index is 1.74. The molecule has 1 aliphatic rings. The van der Waals surface area contributed by atoms with Crippen molar-refractivity contribution in [2.24, 2.45) is 5.92 Å². The summed E-state index contributed by atoms with van der Waals surface area (Å²) in [4.78, 5) is 11.1. The van der Waals surface area contributed by atoms with Crippen molar-refractivity contribution in [3.05, 3.63) is 29.8 Å². The van der Waals surface area contributed by atoms with Gasteiger partial charge in [-0.2, -0.15) is 0 Å². The molecule has 1 aromatic rings. The zero-order valence-electron chi connectivity index (χ0n) is 11.0. The number of anilines is 1. The Morgan fingerprint density at radius 1 is 1.33 bits per heavy atom. The maximum Gasteiger partial charge on any atom is 0.221 e. The third-order valence-electron chi connectivity index (χ3n) is 3.31. The predicted octanol–water partition coefficient (Wildman–Crippen LogP) is 2.92. The fraction of sp³-hybridized carbons (Fsp3) is 0.533. The molecule has 18 heavy (non-hydrogen) atoms. The number of amides is 1. The number of hydrogen-bond acceptors (Lipinski definition) is 2. The minimum atomic E-state index is -0.0174. The summed E-state index contributed by atoms with van der Waals surface area (Å²) in [7, 11) is 0. The largest absolute Gasteiger partial charge is 0.326 e. The SMILES string of the molecule is CC(=O)Nc1ccccc1CNCCCC1CC1. The summed E-state index contributed by atoms with van der Waals surface area (Å²) < 4.78 is 0. The molecular formula is C15H22N2O. The summed E-state index contributed by atoms with van der Waals surface area (Å²) in [5.41, 5.74) is 2.07. The van der Waals surface area contributed by atoms with E-state index in [9.17, 15) is 4.79 Å². The first kappa shape index (κ1) is 13.1. The highest BCUT2D eigenvalue weighted by molar-refractivity contribution is 5.89. The Labute approximate surface area is 109 Å². The van der Waals surface area contributed by atoms with Crippen LogP contribution in [0.15, 0.2) is 24.3 Å². The van der Waals surface area contributed by atoms with Crippen molar-refractivity contribution in [2.75, 3.05) is 11.9 Å². The Hall–Kier alpha value is -1.35. The van der Waals surface area contributed by atoms with Crippen LogP contribution in [0.3, 0.4) is 0 Å². The Bertz CT molecular complexity index is 399. The van der Waals surface area contributed by atoms with Gasteiger partial charge in [0.05, 0.1) is 0 Å². The zero-order valence-corrected chi connectivity index (χ0v) is 11.0. The molecule has 0 heterocycles. The van der Waals surface area contributed by atoms with Gasteiger partial charge in [-0.3, -0.25) is 4.79 Å². The van der Waals surface area contributed by atoms with Crippen molar-refractivity contribution in [3.63, 3.8) is 0 Å². The highest BCUT2D eigenvalue weighted by Crippen LogP contribution is 2.33. The zero-order chi connectivity index (χ0) is 12.8. The van der Waals surface area contributed by atoms with Crippen LogP contribution in [0.25, 0.3) is 0 Å². The maximum atomic E-state index is 11.1. The molecule has 0 bridgehead atoms. The summed E-state index contributed by atoms with van der Waals surface area (Å²) in [5.74, 6) is 0.995. The number of para-hydroxylation sites is 1. The molecule has 0 saturated heterocycles. The molecule has 0 spiro atoms. The molecule has 1 fully saturated rings. The molecule has 3 heteroatoms. The lowest BCUT2D eigenvalue weighted by molar-refractivity contribution is -0.114. The van der Waals surface area contributed by atoms with Gasteiger partial charge >= 0.3 is 0 Å². The summed E-state index contributed by atoms with van der Waals surface area (Å²) in [6.07, 6.45) is 5.49. The van der Waals surface area contributed by atoms with Gasteiger partial charge < -0.3 is 10.6 Å². The van der Waals surface area contributed by atoms with E-state index in [-0.39, 0.29) is 5.91 Å². The van der Waals surface area contributed by atoms with Gasteiger partial charge in [0.1, 0.15) is 0 Å². The maximum absolute atomic E-state index is 11.1. The van der Waals surface area contributed by atoms with E-state index in [1.54, 1.807) is 6.92 Å². The smallest absolute Gasteiger partial charge is 0.221 e. The van der Waals surface area contributed by atoms with E-state index in [4.69, 9.17) is 0 Å². The molecule has 98 valence electrons. The van der Waals surface area contributed by atoms with E-state index < -0.39 is 0 Å². The second-order valence-corrected chi connectivity index (χ2v) is 5.10. The van der Waals surface area contributed by atoms with Crippen LogP contribution in [-0.2, 0) is 11.3 Å². The Kier molecular flexibility index (Phi) is 4.76. The average molecular weight is 246 g/mol. The van der Waals surface area contributed by atoms with Crippen molar-refractivity contribution in [3.8, 4) is 0 Å². The van der Waals surface area contributed by atoms with E-state index in [0.29, 0.717) is 0 Å². The fourth-order valence-electron chi connectivity index (χ4n) is 2.13. The van der Waals surface area contributed by atoms with E-state index >= 15 is 0 Å². The highest BCUT2D eigenvalue weighted by Gasteiger charge is 2.19. The molecule has 1 amide bonds. The number of carbonyl (C=O) groups excluding carboxylic acids is 1. The number of nitrogens with one attached hydrogen (secondary N) is 2. The van der Waals surface area contributed by atoms with Crippen molar-refractivity contribution in [1.82, 2.24) is 5.32 Å². The molecule has 0 atom stereocenters. The normalized spacial score (nSPS) is 14.5. The second-order valence-electron chi connectivity index (χ2n) is 5.10. The summed E-state index contributed by atoms with van der Waals surface area (Å²) in [6.45, 7) is 3.42. The number of carbonyl (C=O) groups is 1. The minimum absolute atomic E-state index is 0.0174. The molecule has 0 aromatic heterocycles. The number of hydrogen-bond donors (Lipinski definition) is 2. The van der Waals surface area contributed by atoms with Gasteiger partial charge in [-0.1, -0.05) is 31.0 Å². The van der Waals surface area contributed by atoms with Gasteiger partial charge in [0, 0.05) is 19.2 Å². The lowest BCUT2D eigenvalue weighted by Gasteiger charge is -2.10. The first-order valence-corrected chi connectivity index (χ1v) is 6.82. The molecule has 1 aromatic carbocycles. The van der Waals surface area contributed by atoms with Gasteiger partial charge in [0.15, 0.2) is 0 Å². The lowest BCUT2D eigenvalue weighted by atomic mass is 10.1. The summed E-state index contributed by atoms with van der Waals surface area (Å²) >= 11 is 0. The third-order valence-corrected chi connectivity index (χ3v) is 3.31. The standard InChI is InChI=1S/C15H22N2O/c1-12(18)17-15-7-3-2-6-14(15)11-16-10-4-5-13-8-9-13/h2-3,6-7,13,16H,4-5,8-11H2,1H3,(H,17,18). The average Bonchev–Trinajstić information content (AvgIpc) is 3.14. The predicted molar refractivity (Wildman–Crippen MR) is 74.4 cm³/mol. The van der Waals surface area contributed by atoms with Crippen LogP contribution < -0.4 is 10.6 Å². The summed E-state index contributed by atoms with van der Waals surface area (Å²) in [6, 6.07) is 7.95. The molecule has 2 N–H and O–H groups in total. The fourth-order valence-corrected chi connectivity index (χ4v) is 2.13. The Morgan fingerprint density at radius 3 is 2.83 bits per heavy atom. The van der Waals surface area contributed by atoms with Gasteiger partial charge in [-0.15, -0.1) is 0 Å². The van der Waals surface area contributed by atoms with Gasteiger partial charge in [0.25, 0.3) is 0 Å². The van der Waals surface area contributed by atoms with Crippen LogP contribution in [0.2, 0.25) is 0 Å². The molecule has 0 unspecified atom stereocenters. The topological polar surface area (TPSA) is 41.1 Å². The molecule has 0 aliphatic heterocycles. The second kappa shape index (κ2) is 6.55. The van der Waals surface area contributed by atoms with Crippen LogP contribution in [0.1, 0.15) is 38.2 Å². The van der Waals surface area contributed by atoms with Crippen molar-refractivity contribution >= 4 is 11.6 Å². The van der Waals surface area contributed by atoms with Crippen molar-refractivity contribution in [1.29, 1.82) is 0 Å². The number of rotatable bonds is 7.